The summed E-state index contributed by atoms with van der Waals surface area (Å²) in [4.78, 5) is 11.6. The first-order valence-corrected chi connectivity index (χ1v) is 8.90. The average molecular weight is 335 g/mol. The van der Waals surface area contributed by atoms with Crippen LogP contribution in [0.3, 0.4) is 0 Å². The van der Waals surface area contributed by atoms with Crippen molar-refractivity contribution >= 4 is 21.9 Å². The van der Waals surface area contributed by atoms with Crippen LogP contribution in [0.2, 0.25) is 0 Å². The maximum atomic E-state index is 11.6. The molecule has 2 nitrogen and oxygen atoms in total. The zero-order valence-electron chi connectivity index (χ0n) is 12.9. The summed E-state index contributed by atoms with van der Waals surface area (Å²) in [5.41, 5.74) is 0. The van der Waals surface area contributed by atoms with Gasteiger partial charge in [0.15, 0.2) is 0 Å². The molecular formula is C16H31BrO2. The number of ether oxygens (including phenoxy) is 1. The summed E-state index contributed by atoms with van der Waals surface area (Å²) in [6.07, 6.45) is 8.78. The van der Waals surface area contributed by atoms with Crippen molar-refractivity contribution in [1.82, 2.24) is 0 Å². The Labute approximate surface area is 127 Å². The average Bonchev–Trinajstić information content (AvgIpc) is 2.33. The summed E-state index contributed by atoms with van der Waals surface area (Å²) >= 11 is 3.41. The van der Waals surface area contributed by atoms with Gasteiger partial charge in [-0.15, -0.1) is 0 Å². The van der Waals surface area contributed by atoms with Crippen molar-refractivity contribution in [2.24, 2.45) is 11.8 Å². The maximum Gasteiger partial charge on any atom is 0.306 e. The first-order valence-electron chi connectivity index (χ1n) is 7.77. The van der Waals surface area contributed by atoms with E-state index < -0.39 is 0 Å². The van der Waals surface area contributed by atoms with Gasteiger partial charge in [0, 0.05) is 11.8 Å². The van der Waals surface area contributed by atoms with E-state index in [1.807, 2.05) is 0 Å². The minimum absolute atomic E-state index is 0.0162. The van der Waals surface area contributed by atoms with Gasteiger partial charge in [-0.25, -0.2) is 0 Å². The highest BCUT2D eigenvalue weighted by molar-refractivity contribution is 9.09. The highest BCUT2D eigenvalue weighted by Crippen LogP contribution is 2.15. The van der Waals surface area contributed by atoms with Crippen LogP contribution in [0.5, 0.6) is 0 Å². The lowest BCUT2D eigenvalue weighted by atomic mass is 9.97. The molecule has 0 aliphatic heterocycles. The van der Waals surface area contributed by atoms with Crippen molar-refractivity contribution < 1.29 is 9.53 Å². The van der Waals surface area contributed by atoms with Gasteiger partial charge in [0.2, 0.25) is 0 Å². The minimum atomic E-state index is -0.0162. The predicted molar refractivity (Wildman–Crippen MR) is 85.7 cm³/mol. The minimum Gasteiger partial charge on any atom is -0.466 e. The van der Waals surface area contributed by atoms with Crippen molar-refractivity contribution in [3.8, 4) is 0 Å². The van der Waals surface area contributed by atoms with E-state index in [-0.39, 0.29) is 5.97 Å². The second kappa shape index (κ2) is 13.0. The molecule has 114 valence electrons. The summed E-state index contributed by atoms with van der Waals surface area (Å²) in [5, 5.41) is 1.07. The lowest BCUT2D eigenvalue weighted by Gasteiger charge is -2.12. The van der Waals surface area contributed by atoms with E-state index in [9.17, 15) is 4.79 Å². The Morgan fingerprint density at radius 2 is 1.68 bits per heavy atom. The number of carbonyl (C=O) groups excluding carboxylic acids is 1. The third kappa shape index (κ3) is 14.2. The summed E-state index contributed by atoms with van der Waals surface area (Å²) in [6, 6.07) is 0. The first kappa shape index (κ1) is 18.9. The van der Waals surface area contributed by atoms with Crippen LogP contribution in [0.1, 0.15) is 72.1 Å². The number of esters is 1. The summed E-state index contributed by atoms with van der Waals surface area (Å²) in [7, 11) is 0. The number of carbonyl (C=O) groups is 1. The fourth-order valence-electron chi connectivity index (χ4n) is 2.06. The Hall–Kier alpha value is -0.0500. The number of rotatable bonds is 12. The van der Waals surface area contributed by atoms with Crippen LogP contribution in [0.4, 0.5) is 0 Å². The zero-order valence-corrected chi connectivity index (χ0v) is 14.5. The fourth-order valence-corrected chi connectivity index (χ4v) is 2.45. The van der Waals surface area contributed by atoms with E-state index in [1.165, 1.54) is 25.7 Å². The Kier molecular flexibility index (Phi) is 12.9. The van der Waals surface area contributed by atoms with Gasteiger partial charge in [0.1, 0.15) is 0 Å². The Balaban J connectivity index is 3.41. The molecular weight excluding hydrogens is 304 g/mol. The van der Waals surface area contributed by atoms with Crippen molar-refractivity contribution in [1.29, 1.82) is 0 Å². The molecule has 0 amide bonds. The molecule has 0 rings (SSSR count). The molecule has 1 unspecified atom stereocenters. The number of alkyl halides is 1. The molecule has 0 N–H and O–H groups in total. The topological polar surface area (TPSA) is 26.3 Å². The smallest absolute Gasteiger partial charge is 0.306 e. The lowest BCUT2D eigenvalue weighted by molar-refractivity contribution is -0.144. The van der Waals surface area contributed by atoms with Crippen molar-refractivity contribution in [2.75, 3.05) is 11.9 Å². The van der Waals surface area contributed by atoms with Gasteiger partial charge in [0.05, 0.1) is 6.61 Å². The number of hydrogen-bond acceptors (Lipinski definition) is 2. The van der Waals surface area contributed by atoms with Crippen LogP contribution in [-0.4, -0.2) is 17.9 Å². The van der Waals surface area contributed by atoms with Gasteiger partial charge in [-0.1, -0.05) is 68.8 Å². The van der Waals surface area contributed by atoms with Crippen molar-refractivity contribution in [3.05, 3.63) is 0 Å². The van der Waals surface area contributed by atoms with Crippen LogP contribution in [0.15, 0.2) is 0 Å². The Morgan fingerprint density at radius 3 is 2.32 bits per heavy atom. The van der Waals surface area contributed by atoms with E-state index in [2.05, 4.69) is 36.7 Å². The maximum absolute atomic E-state index is 11.6. The van der Waals surface area contributed by atoms with Gasteiger partial charge in [-0.05, 0) is 24.7 Å². The molecule has 0 radical (unpaired) electrons. The Bertz CT molecular complexity index is 217. The predicted octanol–water partition coefficient (Wildman–Crippen LogP) is 5.34. The number of hydrogen-bond donors (Lipinski definition) is 0. The molecule has 0 aromatic carbocycles. The van der Waals surface area contributed by atoms with Gasteiger partial charge in [0.25, 0.3) is 0 Å². The third-order valence-corrected chi connectivity index (χ3v) is 3.85. The molecule has 0 aliphatic carbocycles. The number of unbranched alkanes of at least 4 members (excludes halogenated alkanes) is 3. The lowest BCUT2D eigenvalue weighted by Crippen LogP contribution is -2.10. The molecule has 0 aromatic heterocycles. The van der Waals surface area contributed by atoms with Crippen LogP contribution >= 0.6 is 15.9 Å². The Morgan fingerprint density at radius 1 is 1.00 bits per heavy atom. The molecule has 0 fully saturated rings. The molecule has 0 saturated carbocycles. The van der Waals surface area contributed by atoms with Crippen LogP contribution in [0, 0.1) is 11.8 Å². The summed E-state index contributed by atoms with van der Waals surface area (Å²) in [6.45, 7) is 7.24. The zero-order chi connectivity index (χ0) is 14.5. The van der Waals surface area contributed by atoms with Gasteiger partial charge >= 0.3 is 5.97 Å². The van der Waals surface area contributed by atoms with Crippen LogP contribution in [0.25, 0.3) is 0 Å². The molecule has 0 aromatic rings. The van der Waals surface area contributed by atoms with Crippen molar-refractivity contribution in [2.45, 2.75) is 72.1 Å². The van der Waals surface area contributed by atoms with Crippen LogP contribution in [-0.2, 0) is 9.53 Å². The molecule has 3 heteroatoms. The molecule has 0 spiro atoms. The third-order valence-electron chi connectivity index (χ3n) is 3.28. The van der Waals surface area contributed by atoms with Crippen LogP contribution < -0.4 is 0 Å². The highest BCUT2D eigenvalue weighted by Gasteiger charge is 2.10. The van der Waals surface area contributed by atoms with Gasteiger partial charge < -0.3 is 4.74 Å². The van der Waals surface area contributed by atoms with Gasteiger partial charge in [-0.2, -0.15) is 0 Å². The molecule has 1 atom stereocenters. The quantitative estimate of drug-likeness (QED) is 0.273. The molecule has 0 aliphatic rings. The standard InChI is InChI=1S/C16H31BrO2/c1-14(2)9-8-10-15(3)13-16(18)19-12-7-5-4-6-11-17/h14-15H,4-13H2,1-3H3. The number of halogens is 1. The second-order valence-electron chi connectivity index (χ2n) is 5.96. The largest absolute Gasteiger partial charge is 0.466 e. The SMILES string of the molecule is CC(C)CCCC(C)CC(=O)OCCCCCCBr. The van der Waals surface area contributed by atoms with E-state index in [1.54, 1.807) is 0 Å². The molecule has 0 heterocycles. The van der Waals surface area contributed by atoms with E-state index >= 15 is 0 Å². The van der Waals surface area contributed by atoms with E-state index in [0.29, 0.717) is 18.9 Å². The first-order chi connectivity index (χ1) is 9.06. The van der Waals surface area contributed by atoms with Crippen molar-refractivity contribution in [3.63, 3.8) is 0 Å². The van der Waals surface area contributed by atoms with Gasteiger partial charge in [-0.3, -0.25) is 4.79 Å². The monoisotopic (exact) mass is 334 g/mol. The second-order valence-corrected chi connectivity index (χ2v) is 6.75. The highest BCUT2D eigenvalue weighted by atomic mass is 79.9. The van der Waals surface area contributed by atoms with E-state index in [4.69, 9.17) is 4.74 Å². The molecule has 0 saturated heterocycles. The molecule has 19 heavy (non-hydrogen) atoms. The normalized spacial score (nSPS) is 12.7. The fraction of sp³-hybridized carbons (Fsp3) is 0.938. The summed E-state index contributed by atoms with van der Waals surface area (Å²) < 4.78 is 5.27. The van der Waals surface area contributed by atoms with E-state index in [0.717, 1.165) is 30.5 Å². The summed E-state index contributed by atoms with van der Waals surface area (Å²) in [5.74, 6) is 1.20. The molecule has 0 bridgehead atoms.